The Bertz CT molecular complexity index is 1230. The molecular formula is C24H21NO2S2. The van der Waals surface area contributed by atoms with Gasteiger partial charge in [0.15, 0.2) is 0 Å². The molecule has 5 heteroatoms. The molecule has 29 heavy (non-hydrogen) atoms. The van der Waals surface area contributed by atoms with E-state index in [0.717, 1.165) is 16.2 Å². The van der Waals surface area contributed by atoms with Crippen LogP contribution in [0.3, 0.4) is 0 Å². The zero-order chi connectivity index (χ0) is 20.3. The summed E-state index contributed by atoms with van der Waals surface area (Å²) in [4.78, 5) is 1.36. The molecule has 0 saturated heterocycles. The molecule has 0 radical (unpaired) electrons. The smallest absolute Gasteiger partial charge is 0.261 e. The van der Waals surface area contributed by atoms with Crippen LogP contribution >= 0.6 is 11.8 Å². The third-order valence-electron chi connectivity index (χ3n) is 4.66. The Balaban J connectivity index is 1.41. The van der Waals surface area contributed by atoms with E-state index in [9.17, 15) is 8.42 Å². The van der Waals surface area contributed by atoms with Gasteiger partial charge in [0.25, 0.3) is 10.0 Å². The molecule has 0 aliphatic rings. The summed E-state index contributed by atoms with van der Waals surface area (Å²) in [5, 5.41) is 2.48. The Hall–Kier alpha value is -2.76. The highest BCUT2D eigenvalue weighted by atomic mass is 32.2. The lowest BCUT2D eigenvalue weighted by Gasteiger charge is -2.09. The quantitative estimate of drug-likeness (QED) is 0.376. The second-order valence-corrected chi connectivity index (χ2v) is 9.64. The second-order valence-electron chi connectivity index (χ2n) is 6.91. The third-order valence-corrected chi connectivity index (χ3v) is 7.14. The number of hydrogen-bond donors (Lipinski definition) is 1. The van der Waals surface area contributed by atoms with Crippen molar-refractivity contribution < 1.29 is 8.42 Å². The number of nitrogens with one attached hydrogen (secondary N) is 1. The fraction of sp³-hybridized carbons (Fsp3) is 0.0833. The lowest BCUT2D eigenvalue weighted by Crippen LogP contribution is -2.12. The van der Waals surface area contributed by atoms with Gasteiger partial charge in [-0.15, -0.1) is 11.8 Å². The maximum absolute atomic E-state index is 12.5. The van der Waals surface area contributed by atoms with Crippen molar-refractivity contribution in [3.8, 4) is 0 Å². The number of aryl methyl sites for hydroxylation is 1. The molecule has 4 rings (SSSR count). The number of thioether (sulfide) groups is 1. The summed E-state index contributed by atoms with van der Waals surface area (Å²) >= 11 is 1.73. The van der Waals surface area contributed by atoms with Gasteiger partial charge in [0, 0.05) is 16.3 Å². The monoisotopic (exact) mass is 419 g/mol. The van der Waals surface area contributed by atoms with Crippen molar-refractivity contribution in [2.24, 2.45) is 0 Å². The molecule has 0 aliphatic carbocycles. The number of fused-ring (bicyclic) bond motifs is 1. The predicted molar refractivity (Wildman–Crippen MR) is 122 cm³/mol. The molecule has 0 aromatic heterocycles. The highest BCUT2D eigenvalue weighted by molar-refractivity contribution is 7.98. The highest BCUT2D eigenvalue weighted by Gasteiger charge is 2.13. The van der Waals surface area contributed by atoms with E-state index in [1.807, 2.05) is 25.1 Å². The van der Waals surface area contributed by atoms with Crippen molar-refractivity contribution in [2.75, 3.05) is 4.72 Å². The number of anilines is 1. The lowest BCUT2D eigenvalue weighted by molar-refractivity contribution is 0.601. The average Bonchev–Trinajstić information content (AvgIpc) is 2.73. The number of rotatable bonds is 6. The zero-order valence-corrected chi connectivity index (χ0v) is 17.6. The van der Waals surface area contributed by atoms with Crippen LogP contribution in [0, 0.1) is 6.92 Å². The first kappa shape index (κ1) is 19.6. The minimum absolute atomic E-state index is 0.262. The topological polar surface area (TPSA) is 46.2 Å². The van der Waals surface area contributed by atoms with E-state index in [-0.39, 0.29) is 4.90 Å². The standard InChI is InChI=1S/C24H21NO2S2/c1-18-6-14-24(15-7-18)29(26,27)25-22-10-12-23(13-11-22)28-17-19-8-9-20-4-2-3-5-21(20)16-19/h2-16,25H,17H2,1H3. The number of sulfonamides is 1. The SMILES string of the molecule is Cc1ccc(S(=O)(=O)Nc2ccc(SCc3ccc4ccccc4c3)cc2)cc1. The van der Waals surface area contributed by atoms with Crippen LogP contribution in [0.4, 0.5) is 5.69 Å². The van der Waals surface area contributed by atoms with Crippen LogP contribution in [0.15, 0.2) is 101 Å². The molecule has 0 atom stereocenters. The largest absolute Gasteiger partial charge is 0.280 e. The molecule has 0 bridgehead atoms. The Morgan fingerprint density at radius 2 is 1.48 bits per heavy atom. The molecule has 0 fully saturated rings. The molecule has 0 spiro atoms. The maximum atomic E-state index is 12.5. The first-order valence-electron chi connectivity index (χ1n) is 9.30. The van der Waals surface area contributed by atoms with Crippen LogP contribution < -0.4 is 4.72 Å². The third kappa shape index (κ3) is 4.81. The van der Waals surface area contributed by atoms with E-state index in [1.165, 1.54) is 16.3 Å². The van der Waals surface area contributed by atoms with Crippen LogP contribution in [0.5, 0.6) is 0 Å². The van der Waals surface area contributed by atoms with E-state index in [1.54, 1.807) is 48.2 Å². The van der Waals surface area contributed by atoms with Gasteiger partial charge in [0.2, 0.25) is 0 Å². The molecular weight excluding hydrogens is 398 g/mol. The molecule has 4 aromatic carbocycles. The second kappa shape index (κ2) is 8.31. The van der Waals surface area contributed by atoms with Gasteiger partial charge < -0.3 is 0 Å². The molecule has 146 valence electrons. The van der Waals surface area contributed by atoms with Crippen LogP contribution in [0.25, 0.3) is 10.8 Å². The van der Waals surface area contributed by atoms with E-state index >= 15 is 0 Å². The Labute approximate surface area is 175 Å². The molecule has 0 heterocycles. The maximum Gasteiger partial charge on any atom is 0.261 e. The van der Waals surface area contributed by atoms with Crippen molar-refractivity contribution in [3.63, 3.8) is 0 Å². The first-order valence-corrected chi connectivity index (χ1v) is 11.8. The minimum atomic E-state index is -3.58. The molecule has 3 nitrogen and oxygen atoms in total. The summed E-state index contributed by atoms with van der Waals surface area (Å²) in [6.45, 7) is 1.93. The van der Waals surface area contributed by atoms with E-state index in [0.29, 0.717) is 5.69 Å². The molecule has 0 amide bonds. The zero-order valence-electron chi connectivity index (χ0n) is 16.0. The van der Waals surface area contributed by atoms with Gasteiger partial charge in [-0.3, -0.25) is 4.72 Å². The van der Waals surface area contributed by atoms with Gasteiger partial charge in [-0.1, -0.05) is 60.2 Å². The normalized spacial score (nSPS) is 11.5. The molecule has 0 saturated carbocycles. The Kier molecular flexibility index (Phi) is 5.60. The van der Waals surface area contributed by atoms with Gasteiger partial charge >= 0.3 is 0 Å². The summed E-state index contributed by atoms with van der Waals surface area (Å²) in [6, 6.07) is 29.2. The predicted octanol–water partition coefficient (Wildman–Crippen LogP) is 6.24. The van der Waals surface area contributed by atoms with Gasteiger partial charge in [0.1, 0.15) is 0 Å². The van der Waals surface area contributed by atoms with Crippen molar-refractivity contribution in [1.29, 1.82) is 0 Å². The van der Waals surface area contributed by atoms with Crippen molar-refractivity contribution >= 4 is 38.2 Å². The van der Waals surface area contributed by atoms with Gasteiger partial charge in [-0.2, -0.15) is 0 Å². The molecule has 0 unspecified atom stereocenters. The van der Waals surface area contributed by atoms with Crippen molar-refractivity contribution in [2.45, 2.75) is 22.5 Å². The lowest BCUT2D eigenvalue weighted by atomic mass is 10.1. The average molecular weight is 420 g/mol. The Morgan fingerprint density at radius 1 is 0.793 bits per heavy atom. The van der Waals surface area contributed by atoms with Gasteiger partial charge in [-0.05, 0) is 59.7 Å². The van der Waals surface area contributed by atoms with Gasteiger partial charge in [-0.25, -0.2) is 8.42 Å². The van der Waals surface area contributed by atoms with E-state index in [2.05, 4.69) is 41.1 Å². The first-order chi connectivity index (χ1) is 14.0. The molecule has 0 aliphatic heterocycles. The van der Waals surface area contributed by atoms with Crippen LogP contribution in [0.2, 0.25) is 0 Å². The van der Waals surface area contributed by atoms with Crippen LogP contribution in [-0.2, 0) is 15.8 Å². The fourth-order valence-electron chi connectivity index (χ4n) is 3.05. The molecule has 4 aromatic rings. The summed E-state index contributed by atoms with van der Waals surface area (Å²) in [5.41, 5.74) is 2.84. The van der Waals surface area contributed by atoms with E-state index in [4.69, 9.17) is 0 Å². The van der Waals surface area contributed by atoms with Crippen LogP contribution in [0.1, 0.15) is 11.1 Å². The number of benzene rings is 4. The summed E-state index contributed by atoms with van der Waals surface area (Å²) < 4.78 is 27.6. The Morgan fingerprint density at radius 3 is 2.21 bits per heavy atom. The fourth-order valence-corrected chi connectivity index (χ4v) is 4.95. The van der Waals surface area contributed by atoms with Crippen molar-refractivity contribution in [3.05, 3.63) is 102 Å². The van der Waals surface area contributed by atoms with Gasteiger partial charge in [0.05, 0.1) is 4.90 Å². The van der Waals surface area contributed by atoms with Crippen molar-refractivity contribution in [1.82, 2.24) is 0 Å². The number of hydrogen-bond acceptors (Lipinski definition) is 3. The minimum Gasteiger partial charge on any atom is -0.280 e. The molecule has 1 N–H and O–H groups in total. The highest BCUT2D eigenvalue weighted by Crippen LogP contribution is 2.27. The summed E-state index contributed by atoms with van der Waals surface area (Å²) in [5.74, 6) is 0.860. The summed E-state index contributed by atoms with van der Waals surface area (Å²) in [6.07, 6.45) is 0. The van der Waals surface area contributed by atoms with E-state index < -0.39 is 10.0 Å². The van der Waals surface area contributed by atoms with Crippen LogP contribution in [-0.4, -0.2) is 8.42 Å². The summed E-state index contributed by atoms with van der Waals surface area (Å²) in [7, 11) is -3.58.